The van der Waals surface area contributed by atoms with Gasteiger partial charge in [-0.2, -0.15) is 10.1 Å². The fourth-order valence-electron chi connectivity index (χ4n) is 2.80. The van der Waals surface area contributed by atoms with Gasteiger partial charge in [0.2, 0.25) is 17.5 Å². The molecule has 0 amide bonds. The fraction of sp³-hybridized carbons (Fsp3) is 0.294. The second-order valence-electron chi connectivity index (χ2n) is 5.68. The predicted octanol–water partition coefficient (Wildman–Crippen LogP) is 1.50. The summed E-state index contributed by atoms with van der Waals surface area (Å²) in [6.45, 7) is 2.82. The topological polar surface area (TPSA) is 92.3 Å². The van der Waals surface area contributed by atoms with Crippen molar-refractivity contribution in [3.05, 3.63) is 64.4 Å². The molecule has 0 atom stereocenters. The molecule has 0 spiro atoms. The molecule has 0 saturated carbocycles. The standard InChI is InChI=1S/C17H16N4O4/c1-12-19-16(20-25-12)13-4-6-14(7-5-13)17(23-9-10-24-17)11-21-15(22)3-2-8-18-21/h2-8H,9-11H2,1H3. The van der Waals surface area contributed by atoms with Gasteiger partial charge in [0.15, 0.2) is 0 Å². The van der Waals surface area contributed by atoms with Crippen LogP contribution < -0.4 is 5.56 Å². The maximum Gasteiger partial charge on any atom is 0.266 e. The highest BCUT2D eigenvalue weighted by Crippen LogP contribution is 2.33. The minimum Gasteiger partial charge on any atom is -0.342 e. The third kappa shape index (κ3) is 2.97. The smallest absolute Gasteiger partial charge is 0.266 e. The molecular formula is C17H16N4O4. The van der Waals surface area contributed by atoms with Gasteiger partial charge in [0.25, 0.3) is 5.56 Å². The van der Waals surface area contributed by atoms with Crippen LogP contribution in [0.15, 0.2) is 51.9 Å². The minimum atomic E-state index is -1.04. The Kier molecular flexibility index (Phi) is 3.90. The summed E-state index contributed by atoms with van der Waals surface area (Å²) in [6.07, 6.45) is 1.56. The Balaban J connectivity index is 1.67. The Labute approximate surface area is 143 Å². The third-order valence-corrected chi connectivity index (χ3v) is 4.01. The Morgan fingerprint density at radius 3 is 2.56 bits per heavy atom. The highest BCUT2D eigenvalue weighted by Gasteiger charge is 2.39. The monoisotopic (exact) mass is 340 g/mol. The van der Waals surface area contributed by atoms with Crippen LogP contribution >= 0.6 is 0 Å². The molecular weight excluding hydrogens is 324 g/mol. The van der Waals surface area contributed by atoms with Gasteiger partial charge in [-0.15, -0.1) is 0 Å². The zero-order chi connectivity index (χ0) is 17.3. The summed E-state index contributed by atoms with van der Waals surface area (Å²) in [7, 11) is 0. The second-order valence-corrected chi connectivity index (χ2v) is 5.68. The first kappa shape index (κ1) is 15.7. The second kappa shape index (κ2) is 6.23. The van der Waals surface area contributed by atoms with Gasteiger partial charge in [-0.3, -0.25) is 4.79 Å². The Bertz CT molecular complexity index is 926. The molecule has 25 heavy (non-hydrogen) atoms. The Morgan fingerprint density at radius 2 is 1.92 bits per heavy atom. The zero-order valence-corrected chi connectivity index (χ0v) is 13.6. The van der Waals surface area contributed by atoms with Gasteiger partial charge in [0.1, 0.15) is 6.54 Å². The summed E-state index contributed by atoms with van der Waals surface area (Å²) in [6, 6.07) is 10.5. The number of rotatable bonds is 4. The first-order valence-electron chi connectivity index (χ1n) is 7.88. The van der Waals surface area contributed by atoms with Crippen molar-refractivity contribution in [1.82, 2.24) is 19.9 Å². The summed E-state index contributed by atoms with van der Waals surface area (Å²) in [5, 5.41) is 8.00. The van der Waals surface area contributed by atoms with E-state index in [2.05, 4.69) is 15.2 Å². The van der Waals surface area contributed by atoms with Crippen molar-refractivity contribution in [3.8, 4) is 11.4 Å². The van der Waals surface area contributed by atoms with Crippen LogP contribution in [0.1, 0.15) is 11.5 Å². The van der Waals surface area contributed by atoms with Crippen LogP contribution in [0.2, 0.25) is 0 Å². The van der Waals surface area contributed by atoms with Crippen molar-refractivity contribution < 1.29 is 14.0 Å². The van der Waals surface area contributed by atoms with Gasteiger partial charge < -0.3 is 14.0 Å². The number of aryl methyl sites for hydroxylation is 1. The number of hydrogen-bond donors (Lipinski definition) is 0. The molecule has 0 aliphatic carbocycles. The molecule has 8 heteroatoms. The molecule has 1 saturated heterocycles. The average Bonchev–Trinajstić information content (AvgIpc) is 3.27. The van der Waals surface area contributed by atoms with Crippen LogP contribution in [0.25, 0.3) is 11.4 Å². The molecule has 2 aromatic heterocycles. The van der Waals surface area contributed by atoms with E-state index in [0.29, 0.717) is 24.9 Å². The average molecular weight is 340 g/mol. The van der Waals surface area contributed by atoms with E-state index in [1.807, 2.05) is 24.3 Å². The van der Waals surface area contributed by atoms with Gasteiger partial charge >= 0.3 is 0 Å². The molecule has 4 rings (SSSR count). The summed E-state index contributed by atoms with van der Waals surface area (Å²) in [5.74, 6) is -0.0102. The van der Waals surface area contributed by atoms with Crippen LogP contribution in [0.3, 0.4) is 0 Å². The zero-order valence-electron chi connectivity index (χ0n) is 13.6. The molecule has 1 aliphatic rings. The molecule has 0 N–H and O–H groups in total. The van der Waals surface area contributed by atoms with Crippen molar-refractivity contribution in [2.24, 2.45) is 0 Å². The number of hydrogen-bond acceptors (Lipinski definition) is 7. The molecule has 8 nitrogen and oxygen atoms in total. The molecule has 3 heterocycles. The molecule has 1 aromatic carbocycles. The largest absolute Gasteiger partial charge is 0.342 e. The molecule has 128 valence electrons. The van der Waals surface area contributed by atoms with E-state index in [0.717, 1.165) is 11.1 Å². The molecule has 0 radical (unpaired) electrons. The SMILES string of the molecule is Cc1nc(-c2ccc(C3(Cn4ncccc4=O)OCCO3)cc2)no1. The Morgan fingerprint density at radius 1 is 1.16 bits per heavy atom. The van der Waals surface area contributed by atoms with Crippen LogP contribution in [-0.2, 0) is 21.8 Å². The van der Waals surface area contributed by atoms with Crippen LogP contribution in [0.5, 0.6) is 0 Å². The van der Waals surface area contributed by atoms with Crippen molar-refractivity contribution in [3.63, 3.8) is 0 Å². The lowest BCUT2D eigenvalue weighted by Crippen LogP contribution is -2.37. The lowest BCUT2D eigenvalue weighted by molar-refractivity contribution is -0.178. The van der Waals surface area contributed by atoms with Crippen molar-refractivity contribution in [2.75, 3.05) is 13.2 Å². The highest BCUT2D eigenvalue weighted by molar-refractivity contribution is 5.54. The highest BCUT2D eigenvalue weighted by atomic mass is 16.7. The van der Waals surface area contributed by atoms with Gasteiger partial charge in [-0.25, -0.2) is 4.68 Å². The normalized spacial score (nSPS) is 16.2. The first-order chi connectivity index (χ1) is 12.2. The van der Waals surface area contributed by atoms with E-state index >= 15 is 0 Å². The summed E-state index contributed by atoms with van der Waals surface area (Å²) < 4.78 is 18.1. The predicted molar refractivity (Wildman–Crippen MR) is 86.6 cm³/mol. The fourth-order valence-corrected chi connectivity index (χ4v) is 2.80. The van der Waals surface area contributed by atoms with Crippen molar-refractivity contribution in [2.45, 2.75) is 19.3 Å². The van der Waals surface area contributed by atoms with Gasteiger partial charge in [0, 0.05) is 30.3 Å². The quantitative estimate of drug-likeness (QED) is 0.710. The number of aromatic nitrogens is 4. The number of nitrogens with zero attached hydrogens (tertiary/aromatic N) is 4. The molecule has 0 unspecified atom stereocenters. The molecule has 1 fully saturated rings. The van der Waals surface area contributed by atoms with E-state index in [9.17, 15) is 4.79 Å². The van der Waals surface area contributed by atoms with E-state index in [1.54, 1.807) is 19.2 Å². The molecule has 3 aromatic rings. The lowest BCUT2D eigenvalue weighted by atomic mass is 10.0. The van der Waals surface area contributed by atoms with Crippen LogP contribution in [0.4, 0.5) is 0 Å². The van der Waals surface area contributed by atoms with Gasteiger partial charge in [-0.1, -0.05) is 29.4 Å². The van der Waals surface area contributed by atoms with Gasteiger partial charge in [-0.05, 0) is 6.07 Å². The van der Waals surface area contributed by atoms with E-state index < -0.39 is 5.79 Å². The number of benzene rings is 1. The summed E-state index contributed by atoms with van der Waals surface area (Å²) in [4.78, 5) is 16.2. The maximum absolute atomic E-state index is 12.0. The first-order valence-corrected chi connectivity index (χ1v) is 7.88. The van der Waals surface area contributed by atoms with Crippen molar-refractivity contribution >= 4 is 0 Å². The summed E-state index contributed by atoms with van der Waals surface area (Å²) in [5.41, 5.74) is 1.41. The van der Waals surface area contributed by atoms with E-state index in [4.69, 9.17) is 14.0 Å². The van der Waals surface area contributed by atoms with Crippen LogP contribution in [-0.4, -0.2) is 33.1 Å². The lowest BCUT2D eigenvalue weighted by Gasteiger charge is -2.28. The van der Waals surface area contributed by atoms with Crippen molar-refractivity contribution in [1.29, 1.82) is 0 Å². The van der Waals surface area contributed by atoms with E-state index in [-0.39, 0.29) is 12.1 Å². The third-order valence-electron chi connectivity index (χ3n) is 4.01. The number of ether oxygens (including phenoxy) is 2. The molecule has 0 bridgehead atoms. The summed E-state index contributed by atoms with van der Waals surface area (Å²) >= 11 is 0. The van der Waals surface area contributed by atoms with Gasteiger partial charge in [0.05, 0.1) is 13.2 Å². The van der Waals surface area contributed by atoms with E-state index in [1.165, 1.54) is 10.7 Å². The molecule has 1 aliphatic heterocycles. The minimum absolute atomic E-state index is 0.174. The maximum atomic E-state index is 12.0. The van der Waals surface area contributed by atoms with Crippen LogP contribution in [0, 0.1) is 6.92 Å². The Hall–Kier alpha value is -2.84.